The number of hydrogen-bond donors (Lipinski definition) is 0. The van der Waals surface area contributed by atoms with Crippen molar-refractivity contribution in [1.82, 2.24) is 14.5 Å². The second-order valence-corrected chi connectivity index (χ2v) is 10.4. The number of sulfone groups is 1. The molecule has 1 aliphatic heterocycles. The number of piperidine rings is 1. The number of ether oxygens (including phenoxy) is 1. The van der Waals surface area contributed by atoms with Crippen LogP contribution in [-0.4, -0.2) is 48.4 Å². The van der Waals surface area contributed by atoms with Gasteiger partial charge in [-0.15, -0.1) is 0 Å². The maximum atomic E-state index is 14.5. The Kier molecular flexibility index (Phi) is 6.40. The van der Waals surface area contributed by atoms with Gasteiger partial charge in [0, 0.05) is 56.8 Å². The summed E-state index contributed by atoms with van der Waals surface area (Å²) >= 11 is 6.33. The number of nitrogens with zero attached hydrogens (tertiary/aromatic N) is 4. The average Bonchev–Trinajstić information content (AvgIpc) is 2.77. The van der Waals surface area contributed by atoms with Crippen LogP contribution in [0.4, 0.5) is 10.3 Å². The summed E-state index contributed by atoms with van der Waals surface area (Å²) in [6.07, 6.45) is 7.04. The summed E-state index contributed by atoms with van der Waals surface area (Å²) in [6.45, 7) is 3.32. The number of halogens is 2. The molecule has 174 valence electrons. The Bertz CT molecular complexity index is 1340. The first kappa shape index (κ1) is 23.2. The van der Waals surface area contributed by atoms with Crippen LogP contribution in [0, 0.1) is 12.7 Å². The highest BCUT2D eigenvalue weighted by atomic mass is 35.5. The summed E-state index contributed by atoms with van der Waals surface area (Å²) in [6, 6.07) is 4.56. The fraction of sp³-hybridized carbons (Fsp3) is 0.318. The Morgan fingerprint density at radius 2 is 1.82 bits per heavy atom. The zero-order valence-corrected chi connectivity index (χ0v) is 19.6. The van der Waals surface area contributed by atoms with E-state index in [-0.39, 0.29) is 27.5 Å². The number of anilines is 1. The molecule has 1 aromatic carbocycles. The normalized spacial score (nSPS) is 15.0. The van der Waals surface area contributed by atoms with Crippen LogP contribution < -0.4 is 15.2 Å². The molecule has 4 rings (SSSR count). The van der Waals surface area contributed by atoms with Crippen molar-refractivity contribution in [1.29, 1.82) is 0 Å². The van der Waals surface area contributed by atoms with Gasteiger partial charge in [-0.3, -0.25) is 9.36 Å². The van der Waals surface area contributed by atoms with E-state index in [1.54, 1.807) is 12.4 Å². The van der Waals surface area contributed by atoms with Gasteiger partial charge in [0.05, 0.1) is 15.6 Å². The molecule has 0 bridgehead atoms. The lowest BCUT2D eigenvalue weighted by Crippen LogP contribution is -2.39. The van der Waals surface area contributed by atoms with E-state index >= 15 is 0 Å². The van der Waals surface area contributed by atoms with Gasteiger partial charge in [-0.05, 0) is 30.7 Å². The van der Waals surface area contributed by atoms with Gasteiger partial charge in [-0.2, -0.15) is 0 Å². The minimum Gasteiger partial charge on any atom is -0.488 e. The summed E-state index contributed by atoms with van der Waals surface area (Å²) in [5.41, 5.74) is 0.339. The number of aryl methyl sites for hydroxylation is 1. The fourth-order valence-corrected chi connectivity index (χ4v) is 4.42. The van der Waals surface area contributed by atoms with Gasteiger partial charge in [0.1, 0.15) is 17.7 Å². The summed E-state index contributed by atoms with van der Waals surface area (Å²) in [5, 5.41) is 0.144. The summed E-state index contributed by atoms with van der Waals surface area (Å²) in [5.74, 6) is 0.0372. The minimum atomic E-state index is -3.57. The molecular weight excluding hydrogens is 471 g/mol. The molecule has 1 fully saturated rings. The molecular formula is C22H22ClFN4O4S. The molecule has 0 N–H and O–H groups in total. The van der Waals surface area contributed by atoms with Crippen LogP contribution in [0.5, 0.6) is 5.75 Å². The lowest BCUT2D eigenvalue weighted by atomic mass is 10.1. The number of pyridine rings is 1. The zero-order chi connectivity index (χ0) is 23.8. The molecule has 1 aliphatic rings. The molecule has 33 heavy (non-hydrogen) atoms. The molecule has 3 heterocycles. The molecule has 0 spiro atoms. The van der Waals surface area contributed by atoms with Crippen molar-refractivity contribution >= 4 is 27.4 Å². The molecule has 1 saturated heterocycles. The Hall–Kier alpha value is -2.98. The van der Waals surface area contributed by atoms with Crippen molar-refractivity contribution in [2.45, 2.75) is 30.8 Å². The molecule has 0 saturated carbocycles. The average molecular weight is 493 g/mol. The van der Waals surface area contributed by atoms with E-state index in [1.807, 2.05) is 6.92 Å². The Balaban J connectivity index is 1.48. The van der Waals surface area contributed by atoms with Crippen LogP contribution in [0.2, 0.25) is 5.02 Å². The third-order valence-electron chi connectivity index (χ3n) is 5.36. The predicted molar refractivity (Wildman–Crippen MR) is 123 cm³/mol. The quantitative estimate of drug-likeness (QED) is 0.540. The largest absolute Gasteiger partial charge is 0.488 e. The van der Waals surface area contributed by atoms with Gasteiger partial charge in [0.15, 0.2) is 9.84 Å². The summed E-state index contributed by atoms with van der Waals surface area (Å²) < 4.78 is 44.8. The third-order valence-corrected chi connectivity index (χ3v) is 6.76. The Labute approximate surface area is 195 Å². The predicted octanol–water partition coefficient (Wildman–Crippen LogP) is 3.18. The van der Waals surface area contributed by atoms with Crippen LogP contribution >= 0.6 is 11.6 Å². The topological polar surface area (TPSA) is 94.4 Å². The lowest BCUT2D eigenvalue weighted by molar-refractivity contribution is 0.170. The van der Waals surface area contributed by atoms with E-state index < -0.39 is 21.2 Å². The minimum absolute atomic E-state index is 0.104. The van der Waals surface area contributed by atoms with Crippen molar-refractivity contribution < 1.29 is 17.5 Å². The monoisotopic (exact) mass is 492 g/mol. The number of aromatic nitrogens is 3. The second kappa shape index (κ2) is 9.11. The van der Waals surface area contributed by atoms with E-state index in [1.165, 1.54) is 24.4 Å². The molecule has 0 unspecified atom stereocenters. The van der Waals surface area contributed by atoms with E-state index in [4.69, 9.17) is 16.3 Å². The maximum absolute atomic E-state index is 14.5. The zero-order valence-electron chi connectivity index (χ0n) is 18.0. The van der Waals surface area contributed by atoms with Crippen LogP contribution in [0.1, 0.15) is 18.4 Å². The number of benzene rings is 1. The van der Waals surface area contributed by atoms with Gasteiger partial charge < -0.3 is 9.64 Å². The Morgan fingerprint density at radius 3 is 2.42 bits per heavy atom. The molecule has 3 aromatic rings. The molecule has 0 radical (unpaired) electrons. The van der Waals surface area contributed by atoms with Crippen LogP contribution in [-0.2, 0) is 9.84 Å². The van der Waals surface area contributed by atoms with Crippen LogP contribution in [0.3, 0.4) is 0 Å². The molecule has 2 aromatic heterocycles. The van der Waals surface area contributed by atoms with Gasteiger partial charge in [-0.25, -0.2) is 22.8 Å². The van der Waals surface area contributed by atoms with Crippen molar-refractivity contribution in [3.63, 3.8) is 0 Å². The SMILES string of the molecule is Cc1cnc(N2CCC(Oc3cc(=O)n(-c4ccc(S(C)(=O)=O)cc4F)cc3Cl)CC2)nc1. The van der Waals surface area contributed by atoms with Crippen molar-refractivity contribution in [2.75, 3.05) is 24.2 Å². The molecule has 0 aliphatic carbocycles. The molecule has 0 atom stereocenters. The van der Waals surface area contributed by atoms with Gasteiger partial charge in [0.25, 0.3) is 5.56 Å². The van der Waals surface area contributed by atoms with E-state index in [0.29, 0.717) is 31.9 Å². The smallest absolute Gasteiger partial charge is 0.258 e. The van der Waals surface area contributed by atoms with Crippen LogP contribution in [0.25, 0.3) is 5.69 Å². The molecule has 11 heteroatoms. The maximum Gasteiger partial charge on any atom is 0.258 e. The van der Waals surface area contributed by atoms with E-state index in [0.717, 1.165) is 22.5 Å². The summed E-state index contributed by atoms with van der Waals surface area (Å²) in [7, 11) is -3.57. The lowest BCUT2D eigenvalue weighted by Gasteiger charge is -2.32. The standard InChI is InChI=1S/C22H22ClFN4O4S/c1-14-11-25-22(26-12-14)27-7-5-15(6-8-27)32-20-10-21(29)28(13-17(20)23)19-4-3-16(9-18(19)24)33(2,30)31/h3-4,9-13,15H,5-8H2,1-2H3. The van der Waals surface area contributed by atoms with Gasteiger partial charge in [0.2, 0.25) is 5.95 Å². The fourth-order valence-electron chi connectivity index (χ4n) is 3.59. The second-order valence-electron chi connectivity index (χ2n) is 7.94. The highest BCUT2D eigenvalue weighted by Crippen LogP contribution is 2.28. The summed E-state index contributed by atoms with van der Waals surface area (Å²) in [4.78, 5) is 23.2. The first-order chi connectivity index (χ1) is 15.6. The molecule has 8 nitrogen and oxygen atoms in total. The number of rotatable bonds is 5. The first-order valence-corrected chi connectivity index (χ1v) is 12.5. The van der Waals surface area contributed by atoms with Crippen molar-refractivity contribution in [3.05, 3.63) is 69.6 Å². The highest BCUT2D eigenvalue weighted by molar-refractivity contribution is 7.90. The van der Waals surface area contributed by atoms with Crippen molar-refractivity contribution in [3.8, 4) is 11.4 Å². The van der Waals surface area contributed by atoms with Gasteiger partial charge >= 0.3 is 0 Å². The number of hydrogen-bond acceptors (Lipinski definition) is 7. The first-order valence-electron chi connectivity index (χ1n) is 10.2. The third kappa shape index (κ3) is 5.17. The van der Waals surface area contributed by atoms with Crippen LogP contribution in [0.15, 0.2) is 52.5 Å². The van der Waals surface area contributed by atoms with Gasteiger partial charge in [-0.1, -0.05) is 11.6 Å². The van der Waals surface area contributed by atoms with Crippen molar-refractivity contribution in [2.24, 2.45) is 0 Å². The van der Waals surface area contributed by atoms with E-state index in [9.17, 15) is 17.6 Å². The molecule has 0 amide bonds. The highest BCUT2D eigenvalue weighted by Gasteiger charge is 2.23. The van der Waals surface area contributed by atoms with E-state index in [2.05, 4.69) is 14.9 Å². The Morgan fingerprint density at radius 1 is 1.15 bits per heavy atom.